The SMILES string of the molecule is C[Si](C)(O)c1cccc2[nH]c(C(=O)N3CCC(c4cccc(CN)c4)CC3)cc12. The van der Waals surface area contributed by atoms with Crippen molar-refractivity contribution in [1.29, 1.82) is 0 Å². The summed E-state index contributed by atoms with van der Waals surface area (Å²) in [5, 5.41) is 1.92. The summed E-state index contributed by atoms with van der Waals surface area (Å²) in [6.45, 7) is 5.86. The molecule has 6 heteroatoms. The topological polar surface area (TPSA) is 82.3 Å². The Morgan fingerprint density at radius 3 is 2.59 bits per heavy atom. The lowest BCUT2D eigenvalue weighted by Crippen LogP contribution is -2.41. The molecule has 0 unspecified atom stereocenters. The van der Waals surface area contributed by atoms with Crippen LogP contribution in [-0.2, 0) is 6.54 Å². The van der Waals surface area contributed by atoms with Crippen LogP contribution in [0.2, 0.25) is 13.1 Å². The van der Waals surface area contributed by atoms with Crippen LogP contribution < -0.4 is 10.9 Å². The highest BCUT2D eigenvalue weighted by Crippen LogP contribution is 2.29. The first-order chi connectivity index (χ1) is 13.9. The summed E-state index contributed by atoms with van der Waals surface area (Å²) < 4.78 is 0. The third kappa shape index (κ3) is 4.01. The van der Waals surface area contributed by atoms with Gasteiger partial charge in [-0.05, 0) is 60.3 Å². The van der Waals surface area contributed by atoms with E-state index in [0.717, 1.165) is 47.6 Å². The Labute approximate surface area is 172 Å². The van der Waals surface area contributed by atoms with Gasteiger partial charge in [0.15, 0.2) is 0 Å². The van der Waals surface area contributed by atoms with E-state index in [0.29, 0.717) is 18.2 Å². The van der Waals surface area contributed by atoms with Crippen LogP contribution in [0.1, 0.15) is 40.4 Å². The molecule has 3 aromatic rings. The van der Waals surface area contributed by atoms with Crippen LogP contribution in [0.4, 0.5) is 0 Å². The molecule has 1 aliphatic heterocycles. The van der Waals surface area contributed by atoms with Gasteiger partial charge in [0.2, 0.25) is 8.32 Å². The number of nitrogens with two attached hydrogens (primary N) is 1. The second-order valence-electron chi connectivity index (χ2n) is 8.52. The lowest BCUT2D eigenvalue weighted by molar-refractivity contribution is 0.0708. The Balaban J connectivity index is 1.50. The zero-order valence-electron chi connectivity index (χ0n) is 17.1. The molecule has 1 aliphatic rings. The molecule has 4 rings (SSSR count). The molecule has 0 saturated carbocycles. The maximum atomic E-state index is 13.1. The highest BCUT2D eigenvalue weighted by atomic mass is 28.4. The summed E-state index contributed by atoms with van der Waals surface area (Å²) in [4.78, 5) is 28.9. The average molecular weight is 408 g/mol. The number of hydrogen-bond donors (Lipinski definition) is 3. The van der Waals surface area contributed by atoms with Gasteiger partial charge in [0.1, 0.15) is 5.69 Å². The van der Waals surface area contributed by atoms with Crippen molar-refractivity contribution >= 4 is 30.3 Å². The van der Waals surface area contributed by atoms with E-state index in [4.69, 9.17) is 5.73 Å². The Bertz CT molecular complexity index is 1030. The van der Waals surface area contributed by atoms with Crippen molar-refractivity contribution in [1.82, 2.24) is 9.88 Å². The number of amides is 1. The third-order valence-electron chi connectivity index (χ3n) is 5.99. The average Bonchev–Trinajstić information content (AvgIpc) is 3.17. The smallest absolute Gasteiger partial charge is 0.270 e. The number of piperidine rings is 1. The second-order valence-corrected chi connectivity index (χ2v) is 12.2. The minimum absolute atomic E-state index is 0.0405. The summed E-state index contributed by atoms with van der Waals surface area (Å²) in [5.74, 6) is 0.514. The first kappa shape index (κ1) is 19.9. The van der Waals surface area contributed by atoms with Crippen LogP contribution in [0.15, 0.2) is 48.5 Å². The molecule has 1 aromatic heterocycles. The molecular formula is C23H29N3O2Si. The molecule has 152 valence electrons. The molecule has 0 radical (unpaired) electrons. The lowest BCUT2D eigenvalue weighted by atomic mass is 9.88. The van der Waals surface area contributed by atoms with E-state index in [9.17, 15) is 9.59 Å². The molecule has 1 saturated heterocycles. The van der Waals surface area contributed by atoms with Crippen molar-refractivity contribution in [3.8, 4) is 0 Å². The predicted octanol–water partition coefficient (Wildman–Crippen LogP) is 3.05. The minimum Gasteiger partial charge on any atom is -0.428 e. The number of aromatic amines is 1. The van der Waals surface area contributed by atoms with Gasteiger partial charge in [-0.25, -0.2) is 0 Å². The highest BCUT2D eigenvalue weighted by molar-refractivity contribution is 6.85. The van der Waals surface area contributed by atoms with Crippen molar-refractivity contribution in [3.05, 3.63) is 65.4 Å². The predicted molar refractivity (Wildman–Crippen MR) is 120 cm³/mol. The van der Waals surface area contributed by atoms with Gasteiger partial charge in [-0.15, -0.1) is 0 Å². The number of nitrogens with one attached hydrogen (secondary N) is 1. The van der Waals surface area contributed by atoms with Gasteiger partial charge in [-0.2, -0.15) is 0 Å². The summed E-state index contributed by atoms with van der Waals surface area (Å²) in [6.07, 6.45) is 1.92. The molecule has 29 heavy (non-hydrogen) atoms. The van der Waals surface area contributed by atoms with Gasteiger partial charge < -0.3 is 20.4 Å². The van der Waals surface area contributed by atoms with Gasteiger partial charge in [-0.1, -0.05) is 36.4 Å². The van der Waals surface area contributed by atoms with Crippen molar-refractivity contribution in [2.75, 3.05) is 13.1 Å². The zero-order chi connectivity index (χ0) is 20.6. The fraction of sp³-hybridized carbons (Fsp3) is 0.348. The Hall–Kier alpha value is -2.41. The lowest BCUT2D eigenvalue weighted by Gasteiger charge is -2.32. The third-order valence-corrected chi connectivity index (χ3v) is 7.75. The number of rotatable bonds is 4. The molecule has 2 heterocycles. The van der Waals surface area contributed by atoms with E-state index in [2.05, 4.69) is 29.2 Å². The molecule has 5 nitrogen and oxygen atoms in total. The molecular weight excluding hydrogens is 378 g/mol. The van der Waals surface area contributed by atoms with E-state index in [1.54, 1.807) is 0 Å². The maximum Gasteiger partial charge on any atom is 0.270 e. The molecule has 0 bridgehead atoms. The van der Waals surface area contributed by atoms with E-state index in [1.165, 1.54) is 5.56 Å². The highest BCUT2D eigenvalue weighted by Gasteiger charge is 2.27. The number of carbonyl (C=O) groups is 1. The van der Waals surface area contributed by atoms with Crippen LogP contribution in [-0.4, -0.2) is 42.0 Å². The second kappa shape index (κ2) is 7.78. The number of fused-ring (bicyclic) bond motifs is 1. The Morgan fingerprint density at radius 1 is 1.17 bits per heavy atom. The van der Waals surface area contributed by atoms with E-state index >= 15 is 0 Å². The molecule has 4 N–H and O–H groups in total. The van der Waals surface area contributed by atoms with Gasteiger partial charge in [-0.3, -0.25) is 4.79 Å². The quantitative estimate of drug-likeness (QED) is 0.581. The molecule has 1 amide bonds. The summed E-state index contributed by atoms with van der Waals surface area (Å²) in [6, 6.07) is 16.3. The number of aromatic nitrogens is 1. The fourth-order valence-corrected chi connectivity index (χ4v) is 5.73. The van der Waals surface area contributed by atoms with Gasteiger partial charge in [0.25, 0.3) is 5.91 Å². The first-order valence-electron chi connectivity index (χ1n) is 10.3. The molecule has 1 fully saturated rings. The van der Waals surface area contributed by atoms with Gasteiger partial charge in [0.05, 0.1) is 0 Å². The number of carbonyl (C=O) groups excluding carboxylic acids is 1. The number of nitrogens with zero attached hydrogens (tertiary/aromatic N) is 1. The Morgan fingerprint density at radius 2 is 1.90 bits per heavy atom. The van der Waals surface area contributed by atoms with Crippen LogP contribution in [0, 0.1) is 0 Å². The summed E-state index contributed by atoms with van der Waals surface area (Å²) >= 11 is 0. The van der Waals surface area contributed by atoms with Crippen LogP contribution >= 0.6 is 0 Å². The Kier molecular flexibility index (Phi) is 5.33. The molecule has 0 aliphatic carbocycles. The van der Waals surface area contributed by atoms with E-state index in [-0.39, 0.29) is 5.91 Å². The van der Waals surface area contributed by atoms with Crippen molar-refractivity contribution in [2.45, 2.75) is 38.4 Å². The minimum atomic E-state index is -2.47. The number of H-pyrrole nitrogens is 1. The molecule has 0 spiro atoms. The molecule has 2 aromatic carbocycles. The number of hydrogen-bond acceptors (Lipinski definition) is 3. The normalized spacial score (nSPS) is 15.8. The van der Waals surface area contributed by atoms with Gasteiger partial charge in [0, 0.05) is 30.5 Å². The van der Waals surface area contributed by atoms with Crippen LogP contribution in [0.25, 0.3) is 10.9 Å². The zero-order valence-corrected chi connectivity index (χ0v) is 18.1. The fourth-order valence-electron chi connectivity index (χ4n) is 4.36. The standard InChI is InChI=1S/C23H29N3O2Si/c1-29(2,28)22-8-4-7-20-19(22)14-21(25-20)23(27)26-11-9-17(10-12-26)18-6-3-5-16(13-18)15-24/h3-8,13-14,17,25,28H,9-12,15,24H2,1-2H3. The number of benzene rings is 2. The van der Waals surface area contributed by atoms with Crippen molar-refractivity contribution in [2.24, 2.45) is 5.73 Å². The van der Waals surface area contributed by atoms with Crippen LogP contribution in [0.3, 0.4) is 0 Å². The maximum absolute atomic E-state index is 13.1. The monoisotopic (exact) mass is 407 g/mol. The van der Waals surface area contributed by atoms with Gasteiger partial charge >= 0.3 is 0 Å². The summed E-state index contributed by atoms with van der Waals surface area (Å²) in [7, 11) is -2.47. The van der Waals surface area contributed by atoms with E-state index in [1.807, 2.05) is 42.3 Å². The molecule has 0 atom stereocenters. The van der Waals surface area contributed by atoms with E-state index < -0.39 is 8.32 Å². The van der Waals surface area contributed by atoms with Crippen molar-refractivity contribution < 1.29 is 9.59 Å². The first-order valence-corrected chi connectivity index (χ1v) is 13.2. The number of likely N-dealkylation sites (tertiary alicyclic amines) is 1. The largest absolute Gasteiger partial charge is 0.428 e. The van der Waals surface area contributed by atoms with Crippen LogP contribution in [0.5, 0.6) is 0 Å². The summed E-state index contributed by atoms with van der Waals surface area (Å²) in [5.41, 5.74) is 9.77. The van der Waals surface area contributed by atoms with Crippen molar-refractivity contribution in [3.63, 3.8) is 0 Å².